The number of thiazole rings is 1. The Bertz CT molecular complexity index is 1190. The van der Waals surface area contributed by atoms with Crippen LogP contribution in [0.2, 0.25) is 0 Å². The number of ether oxygens (including phenoxy) is 2. The molecule has 3 aromatic rings. The molecule has 188 valence electrons. The Hall–Kier alpha value is -3.18. The average Bonchev–Trinajstić information content (AvgIpc) is 3.37. The molecular weight excluding hydrogens is 466 g/mol. The van der Waals surface area contributed by atoms with Gasteiger partial charge < -0.3 is 29.9 Å². The van der Waals surface area contributed by atoms with Crippen molar-refractivity contribution in [2.45, 2.75) is 45.4 Å². The van der Waals surface area contributed by atoms with Crippen LogP contribution in [0.5, 0.6) is 5.88 Å². The standard InChI is InChI=1S/C24H33N7O3S/c1-24(2,3)34-23(32)31-10-9-16(14-31)25-18-11-15(13-30(4)5)12-19(27-18)28-22-26-17-7-8-20(33-6)29-21(17)35-22/h7-8,11-12,16H,9-10,13-14H2,1-6H3,(H2,25,26,27,28)/t16-/m0/s1. The molecule has 0 aliphatic carbocycles. The van der Waals surface area contributed by atoms with E-state index in [1.54, 1.807) is 18.1 Å². The second kappa shape index (κ2) is 10.2. The maximum absolute atomic E-state index is 12.4. The number of likely N-dealkylation sites (tertiary alicyclic amines) is 1. The SMILES string of the molecule is COc1ccc2nc(Nc3cc(CN(C)C)cc(N[C@H]4CCN(C(=O)OC(C)(C)C)C4)n3)sc2n1. The summed E-state index contributed by atoms with van der Waals surface area (Å²) in [5, 5.41) is 7.55. The second-order valence-electron chi connectivity index (χ2n) is 9.86. The Kier molecular flexibility index (Phi) is 7.27. The lowest BCUT2D eigenvalue weighted by molar-refractivity contribution is 0.0293. The van der Waals surface area contributed by atoms with Gasteiger partial charge in [-0.05, 0) is 65.0 Å². The Morgan fingerprint density at radius 1 is 1.20 bits per heavy atom. The molecule has 1 atom stereocenters. The molecule has 1 fully saturated rings. The third-order valence-corrected chi connectivity index (χ3v) is 6.13. The topological polar surface area (TPSA) is 105 Å². The highest BCUT2D eigenvalue weighted by atomic mass is 32.1. The maximum atomic E-state index is 12.4. The van der Waals surface area contributed by atoms with E-state index >= 15 is 0 Å². The largest absolute Gasteiger partial charge is 0.481 e. The lowest BCUT2D eigenvalue weighted by atomic mass is 10.2. The fourth-order valence-corrected chi connectivity index (χ4v) is 4.67. The molecule has 4 rings (SSSR count). The van der Waals surface area contributed by atoms with Gasteiger partial charge in [0.25, 0.3) is 0 Å². The third kappa shape index (κ3) is 6.70. The van der Waals surface area contributed by atoms with Crippen molar-refractivity contribution in [2.24, 2.45) is 0 Å². The van der Waals surface area contributed by atoms with Gasteiger partial charge in [-0.3, -0.25) is 0 Å². The first-order valence-electron chi connectivity index (χ1n) is 11.6. The fraction of sp³-hybridized carbons (Fsp3) is 0.500. The predicted molar refractivity (Wildman–Crippen MR) is 139 cm³/mol. The molecule has 1 saturated heterocycles. The average molecular weight is 500 g/mol. The highest BCUT2D eigenvalue weighted by Gasteiger charge is 2.30. The van der Waals surface area contributed by atoms with Gasteiger partial charge in [0.1, 0.15) is 27.6 Å². The van der Waals surface area contributed by atoms with Crippen molar-refractivity contribution in [2.75, 3.05) is 44.9 Å². The molecule has 0 spiro atoms. The van der Waals surface area contributed by atoms with E-state index in [4.69, 9.17) is 14.5 Å². The molecule has 0 unspecified atom stereocenters. The zero-order valence-electron chi connectivity index (χ0n) is 21.1. The van der Waals surface area contributed by atoms with Crippen LogP contribution in [-0.4, -0.2) is 76.8 Å². The summed E-state index contributed by atoms with van der Waals surface area (Å²) in [6.45, 7) is 7.62. The molecule has 0 radical (unpaired) electrons. The maximum Gasteiger partial charge on any atom is 0.410 e. The van der Waals surface area contributed by atoms with Crippen LogP contribution < -0.4 is 15.4 Å². The molecule has 1 aliphatic heterocycles. The Morgan fingerprint density at radius 2 is 1.97 bits per heavy atom. The van der Waals surface area contributed by atoms with Crippen molar-refractivity contribution in [3.8, 4) is 5.88 Å². The molecule has 1 amide bonds. The van der Waals surface area contributed by atoms with Crippen LogP contribution in [0.1, 0.15) is 32.8 Å². The number of fused-ring (bicyclic) bond motifs is 1. The number of carbonyl (C=O) groups is 1. The van der Waals surface area contributed by atoms with Crippen LogP contribution in [0, 0.1) is 0 Å². The quantitative estimate of drug-likeness (QED) is 0.492. The number of amides is 1. The number of nitrogens with zero attached hydrogens (tertiary/aromatic N) is 5. The molecule has 0 aromatic carbocycles. The van der Waals surface area contributed by atoms with Crippen LogP contribution in [0.4, 0.5) is 21.6 Å². The van der Waals surface area contributed by atoms with Gasteiger partial charge in [-0.2, -0.15) is 0 Å². The van der Waals surface area contributed by atoms with E-state index < -0.39 is 5.60 Å². The summed E-state index contributed by atoms with van der Waals surface area (Å²) in [5.74, 6) is 2.01. The summed E-state index contributed by atoms with van der Waals surface area (Å²) in [6.07, 6.45) is 0.548. The lowest BCUT2D eigenvalue weighted by Gasteiger charge is -2.24. The Balaban J connectivity index is 1.50. The monoisotopic (exact) mass is 499 g/mol. The molecular formula is C24H33N7O3S. The summed E-state index contributed by atoms with van der Waals surface area (Å²) in [7, 11) is 5.66. The van der Waals surface area contributed by atoms with Gasteiger partial charge in [0.15, 0.2) is 5.13 Å². The van der Waals surface area contributed by atoms with Crippen LogP contribution in [0.15, 0.2) is 24.3 Å². The predicted octanol–water partition coefficient (Wildman–Crippen LogP) is 4.32. The van der Waals surface area contributed by atoms with Gasteiger partial charge in [-0.1, -0.05) is 11.3 Å². The van der Waals surface area contributed by atoms with Crippen molar-refractivity contribution in [1.29, 1.82) is 0 Å². The summed E-state index contributed by atoms with van der Waals surface area (Å²) in [5.41, 5.74) is 1.40. The summed E-state index contributed by atoms with van der Waals surface area (Å²) in [6, 6.07) is 7.85. The first kappa shape index (κ1) is 24.9. The molecule has 10 nitrogen and oxygen atoms in total. The van der Waals surface area contributed by atoms with Crippen molar-refractivity contribution in [3.05, 3.63) is 29.8 Å². The highest BCUT2D eigenvalue weighted by molar-refractivity contribution is 7.21. The second-order valence-corrected chi connectivity index (χ2v) is 10.8. The molecule has 11 heteroatoms. The zero-order valence-corrected chi connectivity index (χ0v) is 21.9. The van der Waals surface area contributed by atoms with Crippen LogP contribution in [0.3, 0.4) is 0 Å². The van der Waals surface area contributed by atoms with Gasteiger partial charge in [0.05, 0.1) is 7.11 Å². The summed E-state index contributed by atoms with van der Waals surface area (Å²) in [4.78, 5) is 30.9. The van der Waals surface area contributed by atoms with E-state index in [0.717, 1.165) is 34.7 Å². The summed E-state index contributed by atoms with van der Waals surface area (Å²) >= 11 is 1.45. The molecule has 0 bridgehead atoms. The fourth-order valence-electron chi connectivity index (χ4n) is 3.84. The number of aromatic nitrogens is 3. The molecule has 35 heavy (non-hydrogen) atoms. The number of nitrogens with one attached hydrogen (secondary N) is 2. The molecule has 4 heterocycles. The minimum Gasteiger partial charge on any atom is -0.481 e. The van der Waals surface area contributed by atoms with E-state index in [1.165, 1.54) is 11.3 Å². The van der Waals surface area contributed by atoms with Gasteiger partial charge in [0, 0.05) is 31.7 Å². The Labute approximate surface area is 209 Å². The van der Waals surface area contributed by atoms with E-state index in [1.807, 2.05) is 53.1 Å². The van der Waals surface area contributed by atoms with E-state index in [0.29, 0.717) is 29.9 Å². The number of anilines is 3. The summed E-state index contributed by atoms with van der Waals surface area (Å²) < 4.78 is 10.7. The van der Waals surface area contributed by atoms with Crippen molar-refractivity contribution >= 4 is 44.5 Å². The molecule has 3 aromatic heterocycles. The first-order valence-corrected chi connectivity index (χ1v) is 12.4. The van der Waals surface area contributed by atoms with Crippen molar-refractivity contribution < 1.29 is 14.3 Å². The number of hydrogen-bond donors (Lipinski definition) is 2. The molecule has 2 N–H and O–H groups in total. The molecule has 1 aliphatic rings. The molecule has 0 saturated carbocycles. The lowest BCUT2D eigenvalue weighted by Crippen LogP contribution is -2.36. The van der Waals surface area contributed by atoms with Gasteiger partial charge in [-0.25, -0.2) is 19.7 Å². The van der Waals surface area contributed by atoms with E-state index in [-0.39, 0.29) is 12.1 Å². The number of carbonyl (C=O) groups excluding carboxylic acids is 1. The highest BCUT2D eigenvalue weighted by Crippen LogP contribution is 2.29. The number of rotatable bonds is 7. The van der Waals surface area contributed by atoms with Crippen molar-refractivity contribution in [3.63, 3.8) is 0 Å². The van der Waals surface area contributed by atoms with Gasteiger partial charge in [0.2, 0.25) is 5.88 Å². The van der Waals surface area contributed by atoms with Crippen LogP contribution in [0.25, 0.3) is 10.3 Å². The van der Waals surface area contributed by atoms with E-state index in [2.05, 4.69) is 25.5 Å². The van der Waals surface area contributed by atoms with Gasteiger partial charge >= 0.3 is 6.09 Å². The van der Waals surface area contributed by atoms with Gasteiger partial charge in [-0.15, -0.1) is 0 Å². The third-order valence-electron chi connectivity index (χ3n) is 5.25. The van der Waals surface area contributed by atoms with E-state index in [9.17, 15) is 4.79 Å². The normalized spacial score (nSPS) is 16.1. The number of hydrogen-bond acceptors (Lipinski definition) is 10. The number of methoxy groups -OCH3 is 1. The zero-order chi connectivity index (χ0) is 25.2. The van der Waals surface area contributed by atoms with Crippen LogP contribution in [-0.2, 0) is 11.3 Å². The van der Waals surface area contributed by atoms with Crippen molar-refractivity contribution in [1.82, 2.24) is 24.8 Å². The number of pyridine rings is 2. The first-order chi connectivity index (χ1) is 16.6. The van der Waals surface area contributed by atoms with Crippen LogP contribution >= 0.6 is 11.3 Å². The smallest absolute Gasteiger partial charge is 0.410 e. The minimum absolute atomic E-state index is 0.0941. The Morgan fingerprint density at radius 3 is 2.69 bits per heavy atom. The minimum atomic E-state index is -0.507.